The minimum absolute atomic E-state index is 0.238. The van der Waals surface area contributed by atoms with Crippen molar-refractivity contribution >= 4 is 51.3 Å². The second kappa shape index (κ2) is 10.6. The fourth-order valence-corrected chi connectivity index (χ4v) is 7.59. The predicted molar refractivity (Wildman–Crippen MR) is 162 cm³/mol. The summed E-state index contributed by atoms with van der Waals surface area (Å²) in [5, 5.41) is 8.03. The fraction of sp³-hybridized carbons (Fsp3) is 0.0571. The molecule has 0 saturated carbocycles. The first kappa shape index (κ1) is 24.1. The maximum atomic E-state index is 12.8. The van der Waals surface area contributed by atoms with Crippen molar-refractivity contribution in [3.05, 3.63) is 133 Å². The largest absolute Gasteiger partial charge is 0.425 e. The molecule has 0 fully saturated rings. The third-order valence-corrected chi connectivity index (χ3v) is 9.33. The standard InChI is InChI=1S/C35H27O2P/c1-2-33(36)37-35-30-22-12-10-20-28(30)27-19-9-11-21-29(27)34(35)31-23-13-14-24-32(31)38(25-15-5-3-6-16-25)26-17-7-4-8-18-26/h3-24H,2H2,1H3. The van der Waals surface area contributed by atoms with Crippen molar-refractivity contribution in [2.75, 3.05) is 0 Å². The van der Waals surface area contributed by atoms with Gasteiger partial charge in [0, 0.05) is 17.4 Å². The molecule has 2 nitrogen and oxygen atoms in total. The zero-order valence-electron chi connectivity index (χ0n) is 21.2. The van der Waals surface area contributed by atoms with Gasteiger partial charge in [-0.2, -0.15) is 0 Å². The molecule has 0 aliphatic rings. The molecule has 0 aliphatic carbocycles. The van der Waals surface area contributed by atoms with Crippen molar-refractivity contribution in [2.24, 2.45) is 0 Å². The van der Waals surface area contributed by atoms with Gasteiger partial charge in [0.15, 0.2) is 0 Å². The zero-order chi connectivity index (χ0) is 25.9. The van der Waals surface area contributed by atoms with Gasteiger partial charge < -0.3 is 4.74 Å². The Balaban J connectivity index is 1.72. The molecule has 0 saturated heterocycles. The molecule has 6 aromatic rings. The van der Waals surface area contributed by atoms with Gasteiger partial charge in [-0.25, -0.2) is 0 Å². The Bertz CT molecular complexity index is 1700. The quantitative estimate of drug-likeness (QED) is 0.0992. The average molecular weight is 511 g/mol. The van der Waals surface area contributed by atoms with E-state index in [9.17, 15) is 4.79 Å². The maximum absolute atomic E-state index is 12.8. The van der Waals surface area contributed by atoms with E-state index in [-0.39, 0.29) is 5.97 Å². The highest BCUT2D eigenvalue weighted by Gasteiger charge is 2.25. The SMILES string of the molecule is CCC(=O)Oc1c(-c2ccccc2P(c2ccccc2)c2ccccc2)c2ccccc2c2ccccc12. The van der Waals surface area contributed by atoms with Gasteiger partial charge in [0.2, 0.25) is 0 Å². The Labute approximate surface area is 224 Å². The number of rotatable bonds is 6. The number of esters is 1. The van der Waals surface area contributed by atoms with Crippen LogP contribution in [0.15, 0.2) is 133 Å². The van der Waals surface area contributed by atoms with Crippen molar-refractivity contribution in [3.63, 3.8) is 0 Å². The molecule has 38 heavy (non-hydrogen) atoms. The van der Waals surface area contributed by atoms with Gasteiger partial charge in [0.05, 0.1) is 0 Å². The molecule has 0 amide bonds. The molecule has 0 unspecified atom stereocenters. The molecular formula is C35H27O2P. The lowest BCUT2D eigenvalue weighted by molar-refractivity contribution is -0.133. The van der Waals surface area contributed by atoms with Crippen molar-refractivity contribution in [1.29, 1.82) is 0 Å². The average Bonchev–Trinajstić information content (AvgIpc) is 2.99. The number of carbonyl (C=O) groups is 1. The highest BCUT2D eigenvalue weighted by atomic mass is 31.1. The molecule has 0 heterocycles. The van der Waals surface area contributed by atoms with Crippen LogP contribution in [0.2, 0.25) is 0 Å². The topological polar surface area (TPSA) is 26.3 Å². The Morgan fingerprint density at radius 3 is 1.66 bits per heavy atom. The Kier molecular flexibility index (Phi) is 6.73. The van der Waals surface area contributed by atoms with Crippen LogP contribution in [0.3, 0.4) is 0 Å². The monoisotopic (exact) mass is 510 g/mol. The van der Waals surface area contributed by atoms with Crippen LogP contribution in [-0.4, -0.2) is 5.97 Å². The van der Waals surface area contributed by atoms with Crippen molar-refractivity contribution < 1.29 is 9.53 Å². The molecule has 6 rings (SSSR count). The minimum Gasteiger partial charge on any atom is -0.425 e. The lowest BCUT2D eigenvalue weighted by Crippen LogP contribution is -2.22. The van der Waals surface area contributed by atoms with Gasteiger partial charge in [-0.05, 0) is 45.6 Å². The van der Waals surface area contributed by atoms with E-state index >= 15 is 0 Å². The lowest BCUT2D eigenvalue weighted by Gasteiger charge is -2.24. The number of benzene rings is 6. The van der Waals surface area contributed by atoms with Crippen molar-refractivity contribution in [3.8, 4) is 16.9 Å². The molecular weight excluding hydrogens is 483 g/mol. The van der Waals surface area contributed by atoms with Crippen LogP contribution in [0.5, 0.6) is 5.75 Å². The third-order valence-electron chi connectivity index (χ3n) is 6.83. The van der Waals surface area contributed by atoms with Crippen molar-refractivity contribution in [1.82, 2.24) is 0 Å². The van der Waals surface area contributed by atoms with E-state index in [1.165, 1.54) is 15.9 Å². The van der Waals surface area contributed by atoms with E-state index in [2.05, 4.69) is 121 Å². The summed E-state index contributed by atoms with van der Waals surface area (Å²) in [6, 6.07) is 46.7. The summed E-state index contributed by atoms with van der Waals surface area (Å²) in [7, 11) is -0.866. The van der Waals surface area contributed by atoms with Crippen LogP contribution < -0.4 is 20.7 Å². The molecule has 184 valence electrons. The van der Waals surface area contributed by atoms with Crippen LogP contribution in [-0.2, 0) is 4.79 Å². The van der Waals surface area contributed by atoms with Crippen LogP contribution in [0.25, 0.3) is 32.7 Å². The van der Waals surface area contributed by atoms with E-state index in [1.807, 2.05) is 19.1 Å². The summed E-state index contributed by atoms with van der Waals surface area (Å²) in [6.45, 7) is 1.84. The second-order valence-corrected chi connectivity index (χ2v) is 11.3. The molecule has 0 aliphatic heterocycles. The highest BCUT2D eigenvalue weighted by Crippen LogP contribution is 2.46. The predicted octanol–water partition coefficient (Wildman–Crippen LogP) is 7.73. The summed E-state index contributed by atoms with van der Waals surface area (Å²) in [4.78, 5) is 12.8. The summed E-state index contributed by atoms with van der Waals surface area (Å²) < 4.78 is 6.18. The van der Waals surface area contributed by atoms with Crippen LogP contribution in [0, 0.1) is 0 Å². The van der Waals surface area contributed by atoms with Gasteiger partial charge in [0.25, 0.3) is 0 Å². The van der Waals surface area contributed by atoms with Gasteiger partial charge in [0.1, 0.15) is 5.75 Å². The van der Waals surface area contributed by atoms with Gasteiger partial charge in [-0.15, -0.1) is 0 Å². The molecule has 0 spiro atoms. The summed E-state index contributed by atoms with van der Waals surface area (Å²) in [5.74, 6) is 0.396. The number of carbonyl (C=O) groups excluding carboxylic acids is 1. The van der Waals surface area contributed by atoms with Crippen LogP contribution in [0.1, 0.15) is 13.3 Å². The molecule has 0 bridgehead atoms. The number of ether oxygens (including phenoxy) is 1. The third kappa shape index (κ3) is 4.38. The number of hydrogen-bond donors (Lipinski definition) is 0. The fourth-order valence-electron chi connectivity index (χ4n) is 5.13. The van der Waals surface area contributed by atoms with E-state index in [0.29, 0.717) is 12.2 Å². The van der Waals surface area contributed by atoms with Crippen LogP contribution >= 0.6 is 7.92 Å². The summed E-state index contributed by atoms with van der Waals surface area (Å²) in [5.41, 5.74) is 2.06. The number of fused-ring (bicyclic) bond motifs is 3. The Morgan fingerprint density at radius 2 is 1.05 bits per heavy atom. The lowest BCUT2D eigenvalue weighted by atomic mass is 9.92. The molecule has 0 atom stereocenters. The molecule has 0 radical (unpaired) electrons. The Hall–Kier alpha value is -4.26. The first-order valence-electron chi connectivity index (χ1n) is 12.9. The zero-order valence-corrected chi connectivity index (χ0v) is 22.1. The van der Waals surface area contributed by atoms with Gasteiger partial charge in [-0.1, -0.05) is 140 Å². The van der Waals surface area contributed by atoms with Gasteiger partial charge >= 0.3 is 5.97 Å². The first-order chi connectivity index (χ1) is 18.8. The molecule has 3 heteroatoms. The number of hydrogen-bond acceptors (Lipinski definition) is 2. The van der Waals surface area contributed by atoms with Crippen molar-refractivity contribution in [2.45, 2.75) is 13.3 Å². The van der Waals surface area contributed by atoms with E-state index < -0.39 is 7.92 Å². The summed E-state index contributed by atoms with van der Waals surface area (Å²) >= 11 is 0. The normalized spacial score (nSPS) is 11.2. The van der Waals surface area contributed by atoms with E-state index in [0.717, 1.165) is 32.7 Å². The van der Waals surface area contributed by atoms with Crippen LogP contribution in [0.4, 0.5) is 0 Å². The first-order valence-corrected chi connectivity index (χ1v) is 14.2. The molecule has 6 aromatic carbocycles. The van der Waals surface area contributed by atoms with E-state index in [4.69, 9.17) is 4.74 Å². The van der Waals surface area contributed by atoms with Gasteiger partial charge in [-0.3, -0.25) is 4.79 Å². The highest BCUT2D eigenvalue weighted by molar-refractivity contribution is 7.80. The maximum Gasteiger partial charge on any atom is 0.310 e. The molecule has 0 aromatic heterocycles. The summed E-state index contributed by atoms with van der Waals surface area (Å²) in [6.07, 6.45) is 0.309. The molecule has 0 N–H and O–H groups in total. The minimum atomic E-state index is -0.866. The Morgan fingerprint density at radius 1 is 0.579 bits per heavy atom. The van der Waals surface area contributed by atoms with E-state index in [1.54, 1.807) is 0 Å². The second-order valence-electron chi connectivity index (χ2n) is 9.15. The smallest absolute Gasteiger partial charge is 0.310 e.